The SMILES string of the molecule is CCCC(C)c1cc(O)ccc1O. The van der Waals surface area contributed by atoms with Crippen molar-refractivity contribution in [2.24, 2.45) is 0 Å². The molecule has 1 unspecified atom stereocenters. The van der Waals surface area contributed by atoms with Crippen molar-refractivity contribution in [3.05, 3.63) is 23.8 Å². The average molecular weight is 180 g/mol. The van der Waals surface area contributed by atoms with Gasteiger partial charge in [0.25, 0.3) is 0 Å². The highest BCUT2D eigenvalue weighted by atomic mass is 16.3. The van der Waals surface area contributed by atoms with Gasteiger partial charge in [0.2, 0.25) is 0 Å². The van der Waals surface area contributed by atoms with Crippen LogP contribution in [0.1, 0.15) is 38.2 Å². The fourth-order valence-electron chi connectivity index (χ4n) is 1.53. The van der Waals surface area contributed by atoms with Crippen molar-refractivity contribution in [2.45, 2.75) is 32.6 Å². The molecule has 2 heteroatoms. The lowest BCUT2D eigenvalue weighted by Crippen LogP contribution is -1.92. The van der Waals surface area contributed by atoms with E-state index < -0.39 is 0 Å². The van der Waals surface area contributed by atoms with Crippen molar-refractivity contribution >= 4 is 0 Å². The van der Waals surface area contributed by atoms with E-state index in [9.17, 15) is 10.2 Å². The Morgan fingerprint density at radius 1 is 1.31 bits per heavy atom. The molecule has 0 saturated heterocycles. The van der Waals surface area contributed by atoms with E-state index in [1.165, 1.54) is 12.1 Å². The Bertz CT molecular complexity index is 281. The second-order valence-corrected chi connectivity index (χ2v) is 3.43. The molecule has 0 saturated carbocycles. The monoisotopic (exact) mass is 180 g/mol. The number of hydrogen-bond acceptors (Lipinski definition) is 2. The molecule has 0 aromatic heterocycles. The first-order chi connectivity index (χ1) is 6.15. The maximum atomic E-state index is 9.52. The predicted molar refractivity (Wildman–Crippen MR) is 53.1 cm³/mol. The Kier molecular flexibility index (Phi) is 3.18. The van der Waals surface area contributed by atoms with E-state index in [0.717, 1.165) is 18.4 Å². The van der Waals surface area contributed by atoms with Crippen molar-refractivity contribution in [2.75, 3.05) is 0 Å². The van der Waals surface area contributed by atoms with Crippen LogP contribution >= 0.6 is 0 Å². The molecule has 2 nitrogen and oxygen atoms in total. The number of phenolic OH excluding ortho intramolecular Hbond substituents is 2. The summed E-state index contributed by atoms with van der Waals surface area (Å²) in [6.07, 6.45) is 2.10. The van der Waals surface area contributed by atoms with E-state index in [-0.39, 0.29) is 11.5 Å². The fraction of sp³-hybridized carbons (Fsp3) is 0.455. The molecule has 2 N–H and O–H groups in total. The van der Waals surface area contributed by atoms with Gasteiger partial charge in [-0.3, -0.25) is 0 Å². The normalized spacial score (nSPS) is 12.8. The van der Waals surface area contributed by atoms with E-state index in [1.54, 1.807) is 6.07 Å². The van der Waals surface area contributed by atoms with Gasteiger partial charge in [-0.2, -0.15) is 0 Å². The Labute approximate surface area is 78.8 Å². The third kappa shape index (κ3) is 2.38. The minimum Gasteiger partial charge on any atom is -0.508 e. The molecule has 1 rings (SSSR count). The Balaban J connectivity index is 2.91. The van der Waals surface area contributed by atoms with E-state index in [0.29, 0.717) is 5.92 Å². The molecular formula is C11H16O2. The summed E-state index contributed by atoms with van der Waals surface area (Å²) >= 11 is 0. The zero-order valence-electron chi connectivity index (χ0n) is 8.12. The van der Waals surface area contributed by atoms with Gasteiger partial charge in [0.15, 0.2) is 0 Å². The topological polar surface area (TPSA) is 40.5 Å². The van der Waals surface area contributed by atoms with Crippen molar-refractivity contribution < 1.29 is 10.2 Å². The highest BCUT2D eigenvalue weighted by Crippen LogP contribution is 2.31. The Morgan fingerprint density at radius 3 is 2.62 bits per heavy atom. The van der Waals surface area contributed by atoms with Gasteiger partial charge in [0, 0.05) is 5.56 Å². The predicted octanol–water partition coefficient (Wildman–Crippen LogP) is 3.00. The lowest BCUT2D eigenvalue weighted by atomic mass is 9.95. The summed E-state index contributed by atoms with van der Waals surface area (Å²) in [5.41, 5.74) is 0.835. The molecule has 72 valence electrons. The first-order valence-electron chi connectivity index (χ1n) is 4.67. The quantitative estimate of drug-likeness (QED) is 0.702. The number of aromatic hydroxyl groups is 2. The van der Waals surface area contributed by atoms with Crippen LogP contribution in [0.25, 0.3) is 0 Å². The standard InChI is InChI=1S/C11H16O2/c1-3-4-8(2)10-7-9(12)5-6-11(10)13/h5-8,12-13H,3-4H2,1-2H3. The molecule has 0 radical (unpaired) electrons. The summed E-state index contributed by atoms with van der Waals surface area (Å²) in [5.74, 6) is 0.798. The molecule has 0 amide bonds. The largest absolute Gasteiger partial charge is 0.508 e. The van der Waals surface area contributed by atoms with E-state index in [2.05, 4.69) is 13.8 Å². The van der Waals surface area contributed by atoms with Gasteiger partial charge in [-0.25, -0.2) is 0 Å². The van der Waals surface area contributed by atoms with Crippen LogP contribution < -0.4 is 0 Å². The number of benzene rings is 1. The first-order valence-corrected chi connectivity index (χ1v) is 4.67. The lowest BCUT2D eigenvalue weighted by Gasteiger charge is -2.12. The van der Waals surface area contributed by atoms with Crippen molar-refractivity contribution in [3.63, 3.8) is 0 Å². The summed E-state index contributed by atoms with van der Waals surface area (Å²) in [7, 11) is 0. The Morgan fingerprint density at radius 2 is 2.00 bits per heavy atom. The maximum absolute atomic E-state index is 9.52. The highest BCUT2D eigenvalue weighted by Gasteiger charge is 2.09. The zero-order chi connectivity index (χ0) is 9.84. The fourth-order valence-corrected chi connectivity index (χ4v) is 1.53. The van der Waals surface area contributed by atoms with Crippen molar-refractivity contribution in [3.8, 4) is 11.5 Å². The molecule has 1 atom stereocenters. The van der Waals surface area contributed by atoms with Crippen LogP contribution in [0.2, 0.25) is 0 Å². The van der Waals surface area contributed by atoms with Crippen LogP contribution in [0, 0.1) is 0 Å². The number of rotatable bonds is 3. The highest BCUT2D eigenvalue weighted by molar-refractivity contribution is 5.40. The maximum Gasteiger partial charge on any atom is 0.119 e. The van der Waals surface area contributed by atoms with Crippen LogP contribution in [0.4, 0.5) is 0 Å². The van der Waals surface area contributed by atoms with Crippen LogP contribution in [-0.2, 0) is 0 Å². The van der Waals surface area contributed by atoms with Gasteiger partial charge in [-0.1, -0.05) is 20.3 Å². The van der Waals surface area contributed by atoms with Crippen LogP contribution in [0.5, 0.6) is 11.5 Å². The van der Waals surface area contributed by atoms with Crippen LogP contribution in [0.15, 0.2) is 18.2 Å². The number of hydrogen-bond donors (Lipinski definition) is 2. The van der Waals surface area contributed by atoms with E-state index in [4.69, 9.17) is 0 Å². The minimum atomic E-state index is 0.218. The minimum absolute atomic E-state index is 0.218. The summed E-state index contributed by atoms with van der Waals surface area (Å²) in [5, 5.41) is 18.8. The third-order valence-electron chi connectivity index (χ3n) is 2.26. The van der Waals surface area contributed by atoms with Crippen molar-refractivity contribution in [1.29, 1.82) is 0 Å². The van der Waals surface area contributed by atoms with Gasteiger partial charge in [-0.15, -0.1) is 0 Å². The third-order valence-corrected chi connectivity index (χ3v) is 2.26. The molecule has 1 aromatic carbocycles. The molecule has 0 fully saturated rings. The van der Waals surface area contributed by atoms with Gasteiger partial charge >= 0.3 is 0 Å². The second kappa shape index (κ2) is 4.17. The average Bonchev–Trinajstić information content (AvgIpc) is 2.09. The van der Waals surface area contributed by atoms with Gasteiger partial charge in [0.1, 0.15) is 11.5 Å². The van der Waals surface area contributed by atoms with E-state index in [1.807, 2.05) is 0 Å². The Hall–Kier alpha value is -1.18. The molecule has 1 aromatic rings. The summed E-state index contributed by atoms with van der Waals surface area (Å²) in [6, 6.07) is 4.67. The lowest BCUT2D eigenvalue weighted by molar-refractivity contribution is 0.447. The molecule has 0 spiro atoms. The molecule has 0 bridgehead atoms. The molecular weight excluding hydrogens is 164 g/mol. The second-order valence-electron chi connectivity index (χ2n) is 3.43. The van der Waals surface area contributed by atoms with Gasteiger partial charge in [0.05, 0.1) is 0 Å². The molecule has 13 heavy (non-hydrogen) atoms. The summed E-state index contributed by atoms with van der Waals surface area (Å²) in [4.78, 5) is 0. The summed E-state index contributed by atoms with van der Waals surface area (Å²) < 4.78 is 0. The molecule has 0 aliphatic heterocycles. The first kappa shape index (κ1) is 9.90. The smallest absolute Gasteiger partial charge is 0.119 e. The van der Waals surface area contributed by atoms with Gasteiger partial charge in [-0.05, 0) is 30.5 Å². The zero-order valence-corrected chi connectivity index (χ0v) is 8.12. The van der Waals surface area contributed by atoms with E-state index >= 15 is 0 Å². The molecule has 0 aliphatic carbocycles. The van der Waals surface area contributed by atoms with Crippen LogP contribution in [0.3, 0.4) is 0 Å². The van der Waals surface area contributed by atoms with Crippen LogP contribution in [-0.4, -0.2) is 10.2 Å². The molecule has 0 heterocycles. The molecule has 0 aliphatic rings. The van der Waals surface area contributed by atoms with Crippen molar-refractivity contribution in [1.82, 2.24) is 0 Å². The van der Waals surface area contributed by atoms with Gasteiger partial charge < -0.3 is 10.2 Å². The number of phenols is 2. The summed E-state index contributed by atoms with van der Waals surface area (Å²) in [6.45, 7) is 4.16.